The molecule has 0 saturated carbocycles. The van der Waals surface area contributed by atoms with Gasteiger partial charge < -0.3 is 0 Å². The van der Waals surface area contributed by atoms with E-state index in [0.717, 1.165) is 0 Å². The number of fused-ring (bicyclic) bond motifs is 2. The van der Waals surface area contributed by atoms with Crippen LogP contribution in [0.3, 0.4) is 0 Å². The molecule has 0 bridgehead atoms. The van der Waals surface area contributed by atoms with Gasteiger partial charge in [0, 0.05) is 22.3 Å². The van der Waals surface area contributed by atoms with E-state index in [1.165, 1.54) is 24.3 Å². The third kappa shape index (κ3) is 1.86. The highest BCUT2D eigenvalue weighted by Crippen LogP contribution is 2.31. The lowest BCUT2D eigenvalue weighted by atomic mass is 9.81. The molecule has 6 heteroatoms. The molecule has 108 valence electrons. The van der Waals surface area contributed by atoms with Crippen LogP contribution in [-0.2, 0) is 0 Å². The van der Waals surface area contributed by atoms with E-state index in [1.807, 2.05) is 24.3 Å². The van der Waals surface area contributed by atoms with Crippen LogP contribution in [0.5, 0.6) is 0 Å². The van der Waals surface area contributed by atoms with Gasteiger partial charge >= 0.3 is 0 Å². The van der Waals surface area contributed by atoms with Crippen molar-refractivity contribution in [3.63, 3.8) is 0 Å². The fourth-order valence-corrected chi connectivity index (χ4v) is 2.61. The minimum Gasteiger partial charge on any atom is -0.289 e. The van der Waals surface area contributed by atoms with Crippen molar-refractivity contribution in [2.75, 3.05) is 0 Å². The molecule has 0 saturated heterocycles. The van der Waals surface area contributed by atoms with Crippen LogP contribution in [0.25, 0.3) is 0 Å². The van der Waals surface area contributed by atoms with Gasteiger partial charge in [0.05, 0.1) is 22.3 Å². The fraction of sp³-hybridized carbons (Fsp3) is 0. The lowest BCUT2D eigenvalue weighted by Gasteiger charge is -2.18. The van der Waals surface area contributed by atoms with Crippen LogP contribution in [-0.4, -0.2) is 11.6 Å². The van der Waals surface area contributed by atoms with E-state index in [2.05, 4.69) is 0 Å². The molecular weight excluding hydrogens is 304 g/mol. The summed E-state index contributed by atoms with van der Waals surface area (Å²) in [7, 11) is 0. The number of benzene rings is 2. The van der Waals surface area contributed by atoms with Crippen LogP contribution in [0.2, 0.25) is 0 Å². The van der Waals surface area contributed by atoms with E-state index in [-0.39, 0.29) is 44.5 Å². The number of ketones is 2. The number of carbonyl (C=O) groups is 2. The number of hydrogen-bond acceptors (Lipinski definition) is 6. The van der Waals surface area contributed by atoms with Gasteiger partial charge in [-0.15, -0.1) is 0 Å². The Kier molecular flexibility index (Phi) is 3.17. The molecule has 0 unspecified atom stereocenters. The van der Waals surface area contributed by atoms with Gasteiger partial charge in [-0.2, -0.15) is 21.0 Å². The Balaban J connectivity index is 2.36. The van der Waals surface area contributed by atoms with Gasteiger partial charge in [0.1, 0.15) is 24.3 Å². The van der Waals surface area contributed by atoms with Crippen LogP contribution in [0.1, 0.15) is 54.1 Å². The maximum absolute atomic E-state index is 12.7. The van der Waals surface area contributed by atoms with E-state index in [1.54, 1.807) is 0 Å². The molecule has 0 fully saturated rings. The van der Waals surface area contributed by atoms with E-state index < -0.39 is 11.6 Å². The summed E-state index contributed by atoms with van der Waals surface area (Å²) in [5, 5.41) is 36.3. The highest BCUT2D eigenvalue weighted by atomic mass is 16.1. The highest BCUT2D eigenvalue weighted by Gasteiger charge is 2.32. The van der Waals surface area contributed by atoms with Crippen molar-refractivity contribution in [3.8, 4) is 24.3 Å². The average molecular weight is 308 g/mol. The lowest BCUT2D eigenvalue weighted by molar-refractivity contribution is 0.0979. The molecule has 0 amide bonds. The van der Waals surface area contributed by atoms with Gasteiger partial charge in [-0.05, 0) is 24.3 Å². The van der Waals surface area contributed by atoms with Crippen molar-refractivity contribution in [2.24, 2.45) is 0 Å². The first-order valence-corrected chi connectivity index (χ1v) is 6.61. The maximum atomic E-state index is 12.7. The van der Waals surface area contributed by atoms with Gasteiger partial charge in [0.25, 0.3) is 0 Å². The first-order valence-electron chi connectivity index (χ1n) is 6.61. The summed E-state index contributed by atoms with van der Waals surface area (Å²) in [4.78, 5) is 25.3. The molecule has 0 aliphatic heterocycles. The minimum absolute atomic E-state index is 0.00463. The molecule has 0 N–H and O–H groups in total. The Labute approximate surface area is 136 Å². The van der Waals surface area contributed by atoms with Gasteiger partial charge in [0.15, 0.2) is 11.6 Å². The first-order chi connectivity index (χ1) is 11.5. The number of carbonyl (C=O) groups excluding carboxylic acids is 2. The predicted octanol–water partition coefficient (Wildman–Crippen LogP) is 1.95. The molecule has 0 aromatic heterocycles. The van der Waals surface area contributed by atoms with Crippen molar-refractivity contribution in [3.05, 3.63) is 68.8 Å². The molecule has 24 heavy (non-hydrogen) atoms. The van der Waals surface area contributed by atoms with Crippen molar-refractivity contribution < 1.29 is 9.59 Å². The molecule has 6 nitrogen and oxygen atoms in total. The molecule has 2 aromatic rings. The molecule has 3 rings (SSSR count). The molecule has 0 radical (unpaired) electrons. The van der Waals surface area contributed by atoms with Crippen LogP contribution in [0, 0.1) is 45.3 Å². The number of rotatable bonds is 0. The predicted molar refractivity (Wildman–Crippen MR) is 78.6 cm³/mol. The Morgan fingerprint density at radius 3 is 0.875 bits per heavy atom. The molecule has 1 aliphatic carbocycles. The Bertz CT molecular complexity index is 955. The summed E-state index contributed by atoms with van der Waals surface area (Å²) in [5.74, 6) is -1.05. The largest absolute Gasteiger partial charge is 0.289 e. The molecule has 1 aliphatic rings. The average Bonchev–Trinajstić information content (AvgIpc) is 2.63. The molecule has 0 atom stereocenters. The Morgan fingerprint density at radius 2 is 0.708 bits per heavy atom. The number of hydrogen-bond donors (Lipinski definition) is 0. The van der Waals surface area contributed by atoms with Gasteiger partial charge in [0.2, 0.25) is 0 Å². The van der Waals surface area contributed by atoms with Crippen molar-refractivity contribution in [2.45, 2.75) is 0 Å². The quantitative estimate of drug-likeness (QED) is 0.624. The second-order valence-corrected chi connectivity index (χ2v) is 4.99. The van der Waals surface area contributed by atoms with Crippen LogP contribution in [0.4, 0.5) is 0 Å². The third-order valence-electron chi connectivity index (χ3n) is 3.78. The molecule has 0 spiro atoms. The minimum atomic E-state index is -0.526. The number of nitriles is 4. The topological polar surface area (TPSA) is 129 Å². The summed E-state index contributed by atoms with van der Waals surface area (Å²) in [6.07, 6.45) is 0. The van der Waals surface area contributed by atoms with Gasteiger partial charge in [-0.1, -0.05) is 0 Å². The van der Waals surface area contributed by atoms with Crippen molar-refractivity contribution in [1.82, 2.24) is 0 Å². The van der Waals surface area contributed by atoms with Crippen molar-refractivity contribution in [1.29, 1.82) is 21.0 Å². The Morgan fingerprint density at radius 1 is 0.500 bits per heavy atom. The zero-order valence-corrected chi connectivity index (χ0v) is 11.9. The first kappa shape index (κ1) is 14.7. The summed E-state index contributed by atoms with van der Waals surface area (Å²) < 4.78 is 0. The molecular formula is C18H4N4O2. The second kappa shape index (κ2) is 5.18. The lowest BCUT2D eigenvalue weighted by Crippen LogP contribution is -2.22. The van der Waals surface area contributed by atoms with Gasteiger partial charge in [-0.25, -0.2) is 0 Å². The van der Waals surface area contributed by atoms with E-state index >= 15 is 0 Å². The summed E-state index contributed by atoms with van der Waals surface area (Å²) in [6, 6.07) is 12.1. The van der Waals surface area contributed by atoms with E-state index in [4.69, 9.17) is 21.0 Å². The van der Waals surface area contributed by atoms with E-state index in [0.29, 0.717) is 0 Å². The summed E-state index contributed by atoms with van der Waals surface area (Å²) >= 11 is 0. The fourth-order valence-electron chi connectivity index (χ4n) is 2.61. The normalized spacial score (nSPS) is 11.3. The van der Waals surface area contributed by atoms with E-state index in [9.17, 15) is 9.59 Å². The zero-order valence-electron chi connectivity index (χ0n) is 11.9. The van der Waals surface area contributed by atoms with Crippen LogP contribution < -0.4 is 0 Å². The standard InChI is InChI=1S/C18H4N4O2/c19-5-9-1-13-14(2-10(9)6-20)18(24)16-4-12(8-22)11(7-21)3-15(16)17(13)23/h1-4H. The van der Waals surface area contributed by atoms with Crippen LogP contribution in [0.15, 0.2) is 24.3 Å². The van der Waals surface area contributed by atoms with Crippen LogP contribution >= 0.6 is 0 Å². The van der Waals surface area contributed by atoms with Crippen molar-refractivity contribution >= 4 is 11.6 Å². The zero-order chi connectivity index (χ0) is 17.4. The highest BCUT2D eigenvalue weighted by molar-refractivity contribution is 6.28. The smallest absolute Gasteiger partial charge is 0.194 e. The summed E-state index contributed by atoms with van der Waals surface area (Å²) in [6.45, 7) is 0. The third-order valence-corrected chi connectivity index (χ3v) is 3.78. The second-order valence-electron chi connectivity index (χ2n) is 4.99. The summed E-state index contributed by atoms with van der Waals surface area (Å²) in [5.41, 5.74) is 0.0246. The SMILES string of the molecule is N#Cc1cc2c(cc1C#N)C(=O)c1cc(C#N)c(C#N)cc1C2=O. The Hall–Kier alpha value is -4.26. The number of nitrogens with zero attached hydrogens (tertiary/aromatic N) is 4. The monoisotopic (exact) mass is 308 g/mol. The van der Waals surface area contributed by atoms with Gasteiger partial charge in [-0.3, -0.25) is 9.59 Å². The molecule has 0 heterocycles. The maximum Gasteiger partial charge on any atom is 0.194 e. The molecule has 2 aromatic carbocycles.